The van der Waals surface area contributed by atoms with Crippen molar-refractivity contribution in [1.29, 1.82) is 0 Å². The molecular weight excluding hydrogens is 264 g/mol. The van der Waals surface area contributed by atoms with Crippen molar-refractivity contribution in [2.45, 2.75) is 26.4 Å². The lowest BCUT2D eigenvalue weighted by molar-refractivity contribution is 0.100. The summed E-state index contributed by atoms with van der Waals surface area (Å²) in [6.45, 7) is 5.02. The fourth-order valence-electron chi connectivity index (χ4n) is 1.86. The third-order valence-corrected chi connectivity index (χ3v) is 2.99. The van der Waals surface area contributed by atoms with E-state index in [0.717, 1.165) is 17.9 Å². The first-order chi connectivity index (χ1) is 10.0. The van der Waals surface area contributed by atoms with Crippen molar-refractivity contribution in [3.63, 3.8) is 0 Å². The number of hydrogen-bond donors (Lipinski definition) is 2. The predicted octanol–water partition coefficient (Wildman–Crippen LogP) is 3.08. The standard InChI is InChI=1S/C17H20N2O2/c1-12(2)19-11-13-4-3-5-16(10-13)21-15-8-6-14(7-9-15)17(18)20/h3-10,12,19H,11H2,1-2H3,(H2,18,20). The molecule has 3 N–H and O–H groups in total. The lowest BCUT2D eigenvalue weighted by Crippen LogP contribution is -2.21. The van der Waals surface area contributed by atoms with E-state index in [2.05, 4.69) is 25.2 Å². The van der Waals surface area contributed by atoms with Crippen LogP contribution < -0.4 is 15.8 Å². The van der Waals surface area contributed by atoms with Crippen LogP contribution in [0.5, 0.6) is 11.5 Å². The molecule has 0 saturated carbocycles. The Balaban J connectivity index is 2.05. The van der Waals surface area contributed by atoms with E-state index in [1.807, 2.05) is 18.2 Å². The van der Waals surface area contributed by atoms with Crippen LogP contribution in [-0.4, -0.2) is 11.9 Å². The Morgan fingerprint density at radius 1 is 1.14 bits per heavy atom. The molecule has 0 saturated heterocycles. The first-order valence-electron chi connectivity index (χ1n) is 6.94. The Bertz CT molecular complexity index is 606. The molecule has 4 nitrogen and oxygen atoms in total. The number of benzene rings is 2. The molecule has 0 heterocycles. The Morgan fingerprint density at radius 3 is 2.48 bits per heavy atom. The highest BCUT2D eigenvalue weighted by atomic mass is 16.5. The third-order valence-electron chi connectivity index (χ3n) is 2.99. The van der Waals surface area contributed by atoms with Crippen LogP contribution >= 0.6 is 0 Å². The van der Waals surface area contributed by atoms with Crippen LogP contribution in [0.25, 0.3) is 0 Å². The average molecular weight is 284 g/mol. The van der Waals surface area contributed by atoms with Crippen molar-refractivity contribution >= 4 is 5.91 Å². The van der Waals surface area contributed by atoms with Gasteiger partial charge in [0.05, 0.1) is 0 Å². The molecule has 0 aliphatic carbocycles. The topological polar surface area (TPSA) is 64.3 Å². The van der Waals surface area contributed by atoms with Crippen molar-refractivity contribution in [1.82, 2.24) is 5.32 Å². The van der Waals surface area contributed by atoms with Gasteiger partial charge in [-0.25, -0.2) is 0 Å². The van der Waals surface area contributed by atoms with E-state index in [4.69, 9.17) is 10.5 Å². The predicted molar refractivity (Wildman–Crippen MR) is 83.5 cm³/mol. The molecule has 2 rings (SSSR count). The van der Waals surface area contributed by atoms with E-state index in [9.17, 15) is 4.79 Å². The summed E-state index contributed by atoms with van der Waals surface area (Å²) < 4.78 is 5.78. The van der Waals surface area contributed by atoms with Gasteiger partial charge in [-0.05, 0) is 42.0 Å². The molecular formula is C17H20N2O2. The fraction of sp³-hybridized carbons (Fsp3) is 0.235. The molecule has 0 aliphatic heterocycles. The van der Waals surface area contributed by atoms with Crippen LogP contribution in [0.3, 0.4) is 0 Å². The number of hydrogen-bond acceptors (Lipinski definition) is 3. The Labute approximate surface area is 124 Å². The van der Waals surface area contributed by atoms with E-state index in [1.54, 1.807) is 24.3 Å². The van der Waals surface area contributed by atoms with Gasteiger partial charge >= 0.3 is 0 Å². The van der Waals surface area contributed by atoms with Crippen LogP contribution in [-0.2, 0) is 6.54 Å². The average Bonchev–Trinajstić information content (AvgIpc) is 2.46. The summed E-state index contributed by atoms with van der Waals surface area (Å²) in [5.41, 5.74) is 6.84. The first-order valence-corrected chi connectivity index (χ1v) is 6.94. The zero-order valence-corrected chi connectivity index (χ0v) is 12.3. The zero-order valence-electron chi connectivity index (χ0n) is 12.3. The first kappa shape index (κ1) is 15.1. The van der Waals surface area contributed by atoms with Gasteiger partial charge in [-0.1, -0.05) is 26.0 Å². The number of amides is 1. The van der Waals surface area contributed by atoms with E-state index in [0.29, 0.717) is 17.4 Å². The fourth-order valence-corrected chi connectivity index (χ4v) is 1.86. The van der Waals surface area contributed by atoms with Crippen LogP contribution in [0.2, 0.25) is 0 Å². The van der Waals surface area contributed by atoms with Crippen LogP contribution in [0.1, 0.15) is 29.8 Å². The normalized spacial score (nSPS) is 10.6. The molecule has 21 heavy (non-hydrogen) atoms. The number of nitrogens with one attached hydrogen (secondary N) is 1. The van der Waals surface area contributed by atoms with Crippen LogP contribution in [0, 0.1) is 0 Å². The van der Waals surface area contributed by atoms with Gasteiger partial charge in [-0.2, -0.15) is 0 Å². The number of nitrogens with two attached hydrogens (primary N) is 1. The lowest BCUT2D eigenvalue weighted by Gasteiger charge is -2.10. The van der Waals surface area contributed by atoms with Crippen molar-refractivity contribution in [2.75, 3.05) is 0 Å². The number of ether oxygens (including phenoxy) is 1. The van der Waals surface area contributed by atoms with Gasteiger partial charge < -0.3 is 15.8 Å². The Morgan fingerprint density at radius 2 is 1.86 bits per heavy atom. The van der Waals surface area contributed by atoms with Crippen molar-refractivity contribution in [3.05, 3.63) is 59.7 Å². The van der Waals surface area contributed by atoms with Gasteiger partial charge in [0.15, 0.2) is 0 Å². The van der Waals surface area contributed by atoms with Gasteiger partial charge in [0.2, 0.25) is 5.91 Å². The minimum Gasteiger partial charge on any atom is -0.457 e. The molecule has 0 fully saturated rings. The highest BCUT2D eigenvalue weighted by Crippen LogP contribution is 2.22. The van der Waals surface area contributed by atoms with E-state index in [-0.39, 0.29) is 0 Å². The smallest absolute Gasteiger partial charge is 0.248 e. The highest BCUT2D eigenvalue weighted by Gasteiger charge is 2.03. The van der Waals surface area contributed by atoms with Crippen LogP contribution in [0.15, 0.2) is 48.5 Å². The molecule has 110 valence electrons. The molecule has 0 aromatic heterocycles. The minimum absolute atomic E-state index is 0.441. The summed E-state index contributed by atoms with van der Waals surface area (Å²) in [5, 5.41) is 3.37. The van der Waals surface area contributed by atoms with Gasteiger partial charge in [-0.3, -0.25) is 4.79 Å². The number of carbonyl (C=O) groups excluding carboxylic acids is 1. The van der Waals surface area contributed by atoms with Crippen molar-refractivity contribution in [3.8, 4) is 11.5 Å². The highest BCUT2D eigenvalue weighted by molar-refractivity contribution is 5.92. The molecule has 1 amide bonds. The van der Waals surface area contributed by atoms with Gasteiger partial charge in [0, 0.05) is 18.2 Å². The van der Waals surface area contributed by atoms with Gasteiger partial charge in [-0.15, -0.1) is 0 Å². The number of carbonyl (C=O) groups is 1. The molecule has 0 radical (unpaired) electrons. The maximum atomic E-state index is 11.0. The van der Waals surface area contributed by atoms with E-state index in [1.165, 1.54) is 0 Å². The quantitative estimate of drug-likeness (QED) is 0.856. The van der Waals surface area contributed by atoms with E-state index < -0.39 is 5.91 Å². The molecule has 0 aliphatic rings. The second-order valence-electron chi connectivity index (χ2n) is 5.17. The van der Waals surface area contributed by atoms with Crippen molar-refractivity contribution in [2.24, 2.45) is 5.73 Å². The molecule has 0 unspecified atom stereocenters. The Hall–Kier alpha value is -2.33. The third kappa shape index (κ3) is 4.61. The molecule has 4 heteroatoms. The summed E-state index contributed by atoms with van der Waals surface area (Å²) in [6, 6.07) is 15.1. The second-order valence-corrected chi connectivity index (χ2v) is 5.17. The van der Waals surface area contributed by atoms with Gasteiger partial charge in [0.1, 0.15) is 11.5 Å². The molecule has 0 atom stereocenters. The maximum absolute atomic E-state index is 11.0. The zero-order chi connectivity index (χ0) is 15.2. The monoisotopic (exact) mass is 284 g/mol. The summed E-state index contributed by atoms with van der Waals surface area (Å²) in [6.07, 6.45) is 0. The van der Waals surface area contributed by atoms with Crippen LogP contribution in [0.4, 0.5) is 0 Å². The Kier molecular flexibility index (Phi) is 4.95. The minimum atomic E-state index is -0.441. The molecule has 2 aromatic carbocycles. The second kappa shape index (κ2) is 6.90. The maximum Gasteiger partial charge on any atom is 0.248 e. The largest absolute Gasteiger partial charge is 0.457 e. The summed E-state index contributed by atoms with van der Waals surface area (Å²) in [7, 11) is 0. The van der Waals surface area contributed by atoms with E-state index >= 15 is 0 Å². The summed E-state index contributed by atoms with van der Waals surface area (Å²) in [4.78, 5) is 11.0. The lowest BCUT2D eigenvalue weighted by atomic mass is 10.2. The summed E-state index contributed by atoms with van der Waals surface area (Å²) >= 11 is 0. The SMILES string of the molecule is CC(C)NCc1cccc(Oc2ccc(C(N)=O)cc2)c1. The summed E-state index contributed by atoms with van der Waals surface area (Å²) in [5.74, 6) is 1.00. The molecule has 0 bridgehead atoms. The van der Waals surface area contributed by atoms with Gasteiger partial charge in [0.25, 0.3) is 0 Å². The number of rotatable bonds is 6. The molecule has 0 spiro atoms. The van der Waals surface area contributed by atoms with Crippen molar-refractivity contribution < 1.29 is 9.53 Å². The number of primary amides is 1. The molecule has 2 aromatic rings.